The number of nitrogens with one attached hydrogen (secondary N) is 1. The Morgan fingerprint density at radius 1 is 1.28 bits per heavy atom. The first kappa shape index (κ1) is 16.8. The second-order valence-electron chi connectivity index (χ2n) is 8.32. The minimum Gasteiger partial charge on any atom is -0.496 e. The van der Waals surface area contributed by atoms with Crippen LogP contribution < -0.4 is 10.1 Å². The molecule has 1 aromatic rings. The van der Waals surface area contributed by atoms with Crippen molar-refractivity contribution in [2.24, 2.45) is 23.2 Å². The molecule has 0 radical (unpaired) electrons. The summed E-state index contributed by atoms with van der Waals surface area (Å²) in [4.78, 5) is 12.4. The molecule has 0 aromatic heterocycles. The van der Waals surface area contributed by atoms with Gasteiger partial charge in [0, 0.05) is 6.54 Å². The fourth-order valence-electron chi connectivity index (χ4n) is 5.97. The maximum Gasteiger partial charge on any atom is 0.258 e. The number of carbonyl (C=O) groups excluding carboxylic acids is 1. The molecule has 4 saturated carbocycles. The minimum atomic E-state index is -0.610. The standard InChI is InChI=1S/C20H26FNO3/c1-25-16-4-2-3-15(21)18(16)19(24)22-11-17(23)20-8-12-5-13(9-20)7-14(6-12)10-20/h2-4,12-14,17,23H,5-11H2,1H3,(H,22,24)/t12?,13?,14?,17-,20?/m1/s1. The van der Waals surface area contributed by atoms with Crippen molar-refractivity contribution < 1.29 is 19.0 Å². The van der Waals surface area contributed by atoms with Crippen LogP contribution in [0.5, 0.6) is 5.75 Å². The molecule has 4 bridgehead atoms. The molecule has 136 valence electrons. The number of carbonyl (C=O) groups is 1. The van der Waals surface area contributed by atoms with Crippen LogP contribution in [0.2, 0.25) is 0 Å². The molecule has 1 atom stereocenters. The van der Waals surface area contributed by atoms with Gasteiger partial charge >= 0.3 is 0 Å². The quantitative estimate of drug-likeness (QED) is 0.860. The molecule has 25 heavy (non-hydrogen) atoms. The van der Waals surface area contributed by atoms with Crippen LogP contribution in [0.3, 0.4) is 0 Å². The zero-order valence-electron chi connectivity index (χ0n) is 14.6. The molecule has 4 nitrogen and oxygen atoms in total. The van der Waals surface area contributed by atoms with Crippen LogP contribution in [0, 0.1) is 29.0 Å². The molecule has 0 saturated heterocycles. The van der Waals surface area contributed by atoms with E-state index in [1.807, 2.05) is 0 Å². The van der Waals surface area contributed by atoms with Gasteiger partial charge in [0.25, 0.3) is 5.91 Å². The highest BCUT2D eigenvalue weighted by Gasteiger charge is 2.53. The molecule has 1 amide bonds. The largest absolute Gasteiger partial charge is 0.496 e. The highest BCUT2D eigenvalue weighted by Crippen LogP contribution is 2.61. The number of halogens is 1. The summed E-state index contributed by atoms with van der Waals surface area (Å²) in [6.45, 7) is 0.169. The normalized spacial score (nSPS) is 34.0. The zero-order valence-corrected chi connectivity index (χ0v) is 14.6. The summed E-state index contributed by atoms with van der Waals surface area (Å²) in [5, 5.41) is 13.6. The van der Waals surface area contributed by atoms with Gasteiger partial charge in [0.2, 0.25) is 0 Å². The summed E-state index contributed by atoms with van der Waals surface area (Å²) < 4.78 is 19.1. The van der Waals surface area contributed by atoms with Crippen LogP contribution in [-0.4, -0.2) is 30.8 Å². The average molecular weight is 347 g/mol. The van der Waals surface area contributed by atoms with Crippen LogP contribution >= 0.6 is 0 Å². The summed E-state index contributed by atoms with van der Waals surface area (Å²) in [7, 11) is 1.41. The first-order valence-electron chi connectivity index (χ1n) is 9.29. The Labute approximate surface area is 147 Å². The van der Waals surface area contributed by atoms with E-state index < -0.39 is 17.8 Å². The van der Waals surface area contributed by atoms with Crippen molar-refractivity contribution in [2.75, 3.05) is 13.7 Å². The van der Waals surface area contributed by atoms with Gasteiger partial charge in [-0.1, -0.05) is 6.07 Å². The van der Waals surface area contributed by atoms with Gasteiger partial charge in [0.15, 0.2) is 0 Å². The summed E-state index contributed by atoms with van der Waals surface area (Å²) in [6.07, 6.45) is 6.57. The van der Waals surface area contributed by atoms with Crippen molar-refractivity contribution in [1.29, 1.82) is 0 Å². The van der Waals surface area contributed by atoms with E-state index in [0.717, 1.165) is 37.0 Å². The van der Waals surface area contributed by atoms with Gasteiger partial charge in [-0.05, 0) is 73.8 Å². The van der Waals surface area contributed by atoms with Gasteiger partial charge in [-0.15, -0.1) is 0 Å². The molecular formula is C20H26FNO3. The molecule has 0 unspecified atom stereocenters. The van der Waals surface area contributed by atoms with E-state index in [4.69, 9.17) is 4.74 Å². The highest BCUT2D eigenvalue weighted by molar-refractivity contribution is 5.97. The molecule has 4 fully saturated rings. The average Bonchev–Trinajstić information content (AvgIpc) is 2.57. The minimum absolute atomic E-state index is 0.0542. The first-order chi connectivity index (χ1) is 12.0. The van der Waals surface area contributed by atoms with Crippen molar-refractivity contribution in [2.45, 2.75) is 44.6 Å². The van der Waals surface area contributed by atoms with Crippen LogP contribution in [0.15, 0.2) is 18.2 Å². The lowest BCUT2D eigenvalue weighted by atomic mass is 9.48. The number of hydrogen-bond donors (Lipinski definition) is 2. The fraction of sp³-hybridized carbons (Fsp3) is 0.650. The van der Waals surface area contributed by atoms with Gasteiger partial charge in [-0.25, -0.2) is 4.39 Å². The van der Waals surface area contributed by atoms with Gasteiger partial charge in [0.1, 0.15) is 17.1 Å². The van der Waals surface area contributed by atoms with E-state index in [0.29, 0.717) is 0 Å². The van der Waals surface area contributed by atoms with Crippen molar-refractivity contribution in [3.8, 4) is 5.75 Å². The van der Waals surface area contributed by atoms with Crippen LogP contribution in [0.25, 0.3) is 0 Å². The second-order valence-corrected chi connectivity index (χ2v) is 8.32. The third-order valence-electron chi connectivity index (χ3n) is 6.67. The summed E-state index contributed by atoms with van der Waals surface area (Å²) >= 11 is 0. The predicted octanol–water partition coefficient (Wildman–Crippen LogP) is 3.14. The Morgan fingerprint density at radius 3 is 2.44 bits per heavy atom. The monoisotopic (exact) mass is 347 g/mol. The van der Waals surface area contributed by atoms with Crippen LogP contribution in [0.1, 0.15) is 48.9 Å². The van der Waals surface area contributed by atoms with Gasteiger partial charge in [-0.3, -0.25) is 4.79 Å². The van der Waals surface area contributed by atoms with Gasteiger partial charge in [0.05, 0.1) is 13.2 Å². The van der Waals surface area contributed by atoms with E-state index in [1.165, 1.54) is 38.5 Å². The SMILES string of the molecule is COc1cccc(F)c1C(=O)NC[C@@H](O)C12CC3CC(CC(C3)C1)C2. The van der Waals surface area contributed by atoms with Gasteiger partial charge in [-0.2, -0.15) is 0 Å². The van der Waals surface area contributed by atoms with E-state index in [9.17, 15) is 14.3 Å². The lowest BCUT2D eigenvalue weighted by molar-refractivity contribution is -0.118. The Kier molecular flexibility index (Phi) is 4.22. The molecule has 0 heterocycles. The number of aliphatic hydroxyl groups is 1. The molecule has 5 rings (SSSR count). The van der Waals surface area contributed by atoms with E-state index >= 15 is 0 Å². The third-order valence-corrected chi connectivity index (χ3v) is 6.67. The van der Waals surface area contributed by atoms with E-state index in [1.54, 1.807) is 6.07 Å². The van der Waals surface area contributed by atoms with Crippen molar-refractivity contribution >= 4 is 5.91 Å². The molecular weight excluding hydrogens is 321 g/mol. The summed E-state index contributed by atoms with van der Waals surface area (Å²) in [5.74, 6) is 1.29. The summed E-state index contributed by atoms with van der Waals surface area (Å²) in [5.41, 5.74) is -0.149. The topological polar surface area (TPSA) is 58.6 Å². The molecule has 1 aromatic carbocycles. The number of rotatable bonds is 5. The smallest absolute Gasteiger partial charge is 0.258 e. The molecule has 2 N–H and O–H groups in total. The second kappa shape index (κ2) is 6.27. The Balaban J connectivity index is 1.44. The maximum absolute atomic E-state index is 14.0. The van der Waals surface area contributed by atoms with E-state index in [2.05, 4.69) is 5.32 Å². The maximum atomic E-state index is 14.0. The molecule has 4 aliphatic carbocycles. The fourth-order valence-corrected chi connectivity index (χ4v) is 5.97. The molecule has 0 aliphatic heterocycles. The number of aliphatic hydroxyl groups excluding tert-OH is 1. The first-order valence-corrected chi connectivity index (χ1v) is 9.29. The number of amides is 1. The molecule has 0 spiro atoms. The van der Waals surface area contributed by atoms with E-state index in [-0.39, 0.29) is 23.3 Å². The van der Waals surface area contributed by atoms with Crippen LogP contribution in [0.4, 0.5) is 4.39 Å². The number of benzene rings is 1. The summed E-state index contributed by atoms with van der Waals surface area (Å²) in [6, 6.07) is 4.32. The molecule has 4 aliphatic rings. The molecule has 5 heteroatoms. The van der Waals surface area contributed by atoms with Crippen molar-refractivity contribution in [1.82, 2.24) is 5.32 Å². The third kappa shape index (κ3) is 2.92. The predicted molar refractivity (Wildman–Crippen MR) is 91.9 cm³/mol. The Bertz CT molecular complexity index is 640. The highest BCUT2D eigenvalue weighted by atomic mass is 19.1. The number of ether oxygens (including phenoxy) is 1. The number of hydrogen-bond acceptors (Lipinski definition) is 3. The number of methoxy groups -OCH3 is 1. The van der Waals surface area contributed by atoms with Crippen molar-refractivity contribution in [3.63, 3.8) is 0 Å². The van der Waals surface area contributed by atoms with Crippen LogP contribution in [-0.2, 0) is 0 Å². The zero-order chi connectivity index (χ0) is 17.6. The Hall–Kier alpha value is -1.62. The lowest BCUT2D eigenvalue weighted by Gasteiger charge is -2.58. The lowest BCUT2D eigenvalue weighted by Crippen LogP contribution is -2.54. The van der Waals surface area contributed by atoms with Crippen molar-refractivity contribution in [3.05, 3.63) is 29.6 Å². The Morgan fingerprint density at radius 2 is 1.88 bits per heavy atom. The van der Waals surface area contributed by atoms with Gasteiger partial charge < -0.3 is 15.2 Å².